The summed E-state index contributed by atoms with van der Waals surface area (Å²) in [4.78, 5) is 11.4. The van der Waals surface area contributed by atoms with Crippen LogP contribution in [0.4, 0.5) is 0 Å². The van der Waals surface area contributed by atoms with Gasteiger partial charge in [0.2, 0.25) is 11.7 Å². The third-order valence-corrected chi connectivity index (χ3v) is 2.85. The minimum Gasteiger partial charge on any atom is -0.493 e. The Morgan fingerprint density at radius 3 is 2.29 bits per heavy atom. The van der Waals surface area contributed by atoms with E-state index in [0.717, 1.165) is 18.4 Å². The summed E-state index contributed by atoms with van der Waals surface area (Å²) in [5.41, 5.74) is 3.22. The molecule has 1 aromatic carbocycles. The van der Waals surface area contributed by atoms with E-state index in [1.54, 1.807) is 33.5 Å². The Hall–Kier alpha value is -2.24. The number of ether oxygens (including phenoxy) is 3. The lowest BCUT2D eigenvalue weighted by Crippen LogP contribution is -2.16. The maximum atomic E-state index is 11.4. The summed E-state index contributed by atoms with van der Waals surface area (Å²) in [5, 5.41) is 3.92. The number of hydrogen-bond acceptors (Lipinski definition) is 5. The van der Waals surface area contributed by atoms with Gasteiger partial charge < -0.3 is 14.2 Å². The Labute approximate surface area is 125 Å². The van der Waals surface area contributed by atoms with Gasteiger partial charge in [0.1, 0.15) is 0 Å². The molecule has 6 heteroatoms. The third kappa shape index (κ3) is 4.98. The molecular formula is C15H22N2O4. The summed E-state index contributed by atoms with van der Waals surface area (Å²) in [6.07, 6.45) is 3.84. The average Bonchev–Trinajstić information content (AvgIpc) is 2.51. The van der Waals surface area contributed by atoms with Crippen LogP contribution in [-0.2, 0) is 4.79 Å². The van der Waals surface area contributed by atoms with Crippen molar-refractivity contribution in [3.05, 3.63) is 17.7 Å². The van der Waals surface area contributed by atoms with Gasteiger partial charge in [-0.3, -0.25) is 4.79 Å². The predicted octanol–water partition coefficient (Wildman–Crippen LogP) is 2.35. The number of hydrogen-bond donors (Lipinski definition) is 1. The fourth-order valence-corrected chi connectivity index (χ4v) is 1.75. The zero-order valence-corrected chi connectivity index (χ0v) is 12.9. The summed E-state index contributed by atoms with van der Waals surface area (Å²) in [6, 6.07) is 3.51. The van der Waals surface area contributed by atoms with E-state index in [2.05, 4.69) is 10.5 Å². The molecule has 0 heterocycles. The number of amides is 1. The monoisotopic (exact) mass is 294 g/mol. The molecule has 0 fully saturated rings. The van der Waals surface area contributed by atoms with Crippen LogP contribution in [0.25, 0.3) is 0 Å². The lowest BCUT2D eigenvalue weighted by molar-refractivity contribution is -0.121. The summed E-state index contributed by atoms with van der Waals surface area (Å²) < 4.78 is 15.7. The van der Waals surface area contributed by atoms with E-state index in [9.17, 15) is 4.79 Å². The van der Waals surface area contributed by atoms with Crippen molar-refractivity contribution < 1.29 is 19.0 Å². The smallest absolute Gasteiger partial charge is 0.240 e. The quantitative estimate of drug-likeness (QED) is 0.590. The minimum atomic E-state index is -0.0967. The molecule has 21 heavy (non-hydrogen) atoms. The molecule has 6 nitrogen and oxygen atoms in total. The van der Waals surface area contributed by atoms with Crippen LogP contribution >= 0.6 is 0 Å². The SMILES string of the molecule is CCCCC(=O)N/N=C/c1cc(OC)c(OC)c(OC)c1. The molecule has 1 aromatic rings. The largest absolute Gasteiger partial charge is 0.493 e. The van der Waals surface area contributed by atoms with Gasteiger partial charge in [0.15, 0.2) is 11.5 Å². The van der Waals surface area contributed by atoms with Crippen molar-refractivity contribution in [3.8, 4) is 17.2 Å². The summed E-state index contributed by atoms with van der Waals surface area (Å²) in [6.45, 7) is 2.03. The molecule has 0 aliphatic carbocycles. The number of methoxy groups -OCH3 is 3. The number of hydrazone groups is 1. The van der Waals surface area contributed by atoms with E-state index in [4.69, 9.17) is 14.2 Å². The number of nitrogens with one attached hydrogen (secondary N) is 1. The second-order valence-electron chi connectivity index (χ2n) is 4.36. The molecule has 1 amide bonds. The predicted molar refractivity (Wildman–Crippen MR) is 81.4 cm³/mol. The first-order chi connectivity index (χ1) is 10.2. The Balaban J connectivity index is 2.81. The van der Waals surface area contributed by atoms with Gasteiger partial charge in [-0.15, -0.1) is 0 Å². The highest BCUT2D eigenvalue weighted by molar-refractivity contribution is 5.84. The molecule has 116 valence electrons. The zero-order valence-electron chi connectivity index (χ0n) is 12.9. The van der Waals surface area contributed by atoms with Crippen molar-refractivity contribution in [1.82, 2.24) is 5.43 Å². The number of carbonyl (C=O) groups excluding carboxylic acids is 1. The Bertz CT molecular complexity index is 475. The third-order valence-electron chi connectivity index (χ3n) is 2.85. The molecule has 1 N–H and O–H groups in total. The van der Waals surface area contributed by atoms with Crippen molar-refractivity contribution in [2.45, 2.75) is 26.2 Å². The van der Waals surface area contributed by atoms with Gasteiger partial charge in [0, 0.05) is 12.0 Å². The number of rotatable bonds is 8. The van der Waals surface area contributed by atoms with E-state index < -0.39 is 0 Å². The molecule has 0 unspecified atom stereocenters. The maximum absolute atomic E-state index is 11.4. The second kappa shape index (κ2) is 8.84. The fraction of sp³-hybridized carbons (Fsp3) is 0.467. The summed E-state index contributed by atoms with van der Waals surface area (Å²) in [5.74, 6) is 1.50. The Kier molecular flexibility index (Phi) is 7.08. The standard InChI is InChI=1S/C15H22N2O4/c1-5-6-7-14(18)17-16-10-11-8-12(19-2)15(21-4)13(9-11)20-3/h8-10H,5-7H2,1-4H3,(H,17,18)/b16-10+. The van der Waals surface area contributed by atoms with Gasteiger partial charge in [-0.2, -0.15) is 5.10 Å². The van der Waals surface area contributed by atoms with Crippen LogP contribution in [-0.4, -0.2) is 33.5 Å². The molecule has 0 atom stereocenters. The highest BCUT2D eigenvalue weighted by atomic mass is 16.5. The second-order valence-corrected chi connectivity index (χ2v) is 4.36. The lowest BCUT2D eigenvalue weighted by atomic mass is 10.2. The van der Waals surface area contributed by atoms with Gasteiger partial charge in [0.25, 0.3) is 0 Å². The van der Waals surface area contributed by atoms with Gasteiger partial charge in [-0.05, 0) is 18.6 Å². The first kappa shape index (κ1) is 16.8. The van der Waals surface area contributed by atoms with Gasteiger partial charge in [0.05, 0.1) is 27.5 Å². The van der Waals surface area contributed by atoms with Crippen LogP contribution in [0.2, 0.25) is 0 Å². The van der Waals surface area contributed by atoms with Crippen molar-refractivity contribution in [1.29, 1.82) is 0 Å². The first-order valence-electron chi connectivity index (χ1n) is 6.78. The van der Waals surface area contributed by atoms with Crippen LogP contribution in [0.3, 0.4) is 0 Å². The van der Waals surface area contributed by atoms with E-state index in [1.807, 2.05) is 6.92 Å². The number of benzene rings is 1. The average molecular weight is 294 g/mol. The van der Waals surface area contributed by atoms with Crippen LogP contribution in [0.1, 0.15) is 31.7 Å². The number of carbonyl (C=O) groups is 1. The minimum absolute atomic E-state index is 0.0967. The van der Waals surface area contributed by atoms with Crippen LogP contribution in [0, 0.1) is 0 Å². The maximum Gasteiger partial charge on any atom is 0.240 e. The van der Waals surface area contributed by atoms with Gasteiger partial charge in [-0.1, -0.05) is 13.3 Å². The molecule has 0 aliphatic heterocycles. The Morgan fingerprint density at radius 2 is 1.81 bits per heavy atom. The topological polar surface area (TPSA) is 69.2 Å². The van der Waals surface area contributed by atoms with E-state index >= 15 is 0 Å². The van der Waals surface area contributed by atoms with Crippen molar-refractivity contribution in [2.75, 3.05) is 21.3 Å². The van der Waals surface area contributed by atoms with Crippen LogP contribution < -0.4 is 19.6 Å². The number of nitrogens with zero attached hydrogens (tertiary/aromatic N) is 1. The normalized spacial score (nSPS) is 10.5. The lowest BCUT2D eigenvalue weighted by Gasteiger charge is -2.12. The first-order valence-corrected chi connectivity index (χ1v) is 6.78. The van der Waals surface area contributed by atoms with Crippen molar-refractivity contribution >= 4 is 12.1 Å². The van der Waals surface area contributed by atoms with Crippen molar-refractivity contribution in [2.24, 2.45) is 5.10 Å². The fourth-order valence-electron chi connectivity index (χ4n) is 1.75. The number of unbranched alkanes of at least 4 members (excludes halogenated alkanes) is 1. The van der Waals surface area contributed by atoms with E-state index in [1.165, 1.54) is 6.21 Å². The highest BCUT2D eigenvalue weighted by Gasteiger charge is 2.12. The van der Waals surface area contributed by atoms with Crippen LogP contribution in [0.15, 0.2) is 17.2 Å². The highest BCUT2D eigenvalue weighted by Crippen LogP contribution is 2.37. The summed E-state index contributed by atoms with van der Waals surface area (Å²) in [7, 11) is 4.64. The molecule has 0 saturated heterocycles. The summed E-state index contributed by atoms with van der Waals surface area (Å²) >= 11 is 0. The van der Waals surface area contributed by atoms with Gasteiger partial charge >= 0.3 is 0 Å². The van der Waals surface area contributed by atoms with E-state index in [-0.39, 0.29) is 5.91 Å². The molecule has 0 saturated carbocycles. The van der Waals surface area contributed by atoms with Crippen LogP contribution in [0.5, 0.6) is 17.2 Å². The molecular weight excluding hydrogens is 272 g/mol. The molecule has 0 aliphatic rings. The zero-order chi connectivity index (χ0) is 15.7. The molecule has 0 radical (unpaired) electrons. The van der Waals surface area contributed by atoms with Gasteiger partial charge in [-0.25, -0.2) is 5.43 Å². The molecule has 1 rings (SSSR count). The molecule has 0 bridgehead atoms. The Morgan fingerprint density at radius 1 is 1.19 bits per heavy atom. The van der Waals surface area contributed by atoms with E-state index in [0.29, 0.717) is 23.7 Å². The molecule has 0 spiro atoms. The molecule has 0 aromatic heterocycles. The van der Waals surface area contributed by atoms with Crippen molar-refractivity contribution in [3.63, 3.8) is 0 Å².